The van der Waals surface area contributed by atoms with Crippen LogP contribution in [0.2, 0.25) is 0 Å². The van der Waals surface area contributed by atoms with E-state index in [4.69, 9.17) is 4.52 Å². The summed E-state index contributed by atoms with van der Waals surface area (Å²) in [6, 6.07) is 7.21. The Balaban J connectivity index is 2.13. The molecule has 1 N–H and O–H groups in total. The summed E-state index contributed by atoms with van der Waals surface area (Å²) in [5.41, 5.74) is 0.355. The summed E-state index contributed by atoms with van der Waals surface area (Å²) in [4.78, 5) is 1.46. The molecule has 0 saturated heterocycles. The third-order valence-corrected chi connectivity index (χ3v) is 5.96. The molecule has 8 heteroatoms. The smallest absolute Gasteiger partial charge is 0.263 e. The van der Waals surface area contributed by atoms with Crippen LogP contribution in [0.3, 0.4) is 0 Å². The van der Waals surface area contributed by atoms with E-state index in [9.17, 15) is 12.8 Å². The molecule has 0 spiro atoms. The van der Waals surface area contributed by atoms with E-state index in [-0.39, 0.29) is 10.6 Å². The maximum absolute atomic E-state index is 13.8. The van der Waals surface area contributed by atoms with Crippen molar-refractivity contribution in [3.63, 3.8) is 0 Å². The van der Waals surface area contributed by atoms with E-state index in [1.54, 1.807) is 26.0 Å². The van der Waals surface area contributed by atoms with Crippen molar-refractivity contribution in [1.29, 1.82) is 0 Å². The van der Waals surface area contributed by atoms with Crippen molar-refractivity contribution >= 4 is 27.0 Å². The van der Waals surface area contributed by atoms with Crippen LogP contribution in [0.1, 0.15) is 9.75 Å². The fraction of sp³-hybridized carbons (Fsp3) is 0.133. The second kappa shape index (κ2) is 5.78. The summed E-state index contributed by atoms with van der Waals surface area (Å²) in [7, 11) is -3.97. The van der Waals surface area contributed by atoms with E-state index >= 15 is 0 Å². The second-order valence-corrected chi connectivity index (χ2v) is 7.93. The molecule has 0 unspecified atom stereocenters. The molecule has 0 aliphatic carbocycles. The van der Waals surface area contributed by atoms with Gasteiger partial charge in [0.2, 0.25) is 0 Å². The number of nitrogens with one attached hydrogen (secondary N) is 1. The van der Waals surface area contributed by atoms with Gasteiger partial charge in [-0.2, -0.15) is 0 Å². The molecule has 3 aromatic rings. The highest BCUT2D eigenvalue weighted by Gasteiger charge is 2.28. The SMILES string of the molecule is Cc1sc(C)c(S(=O)(=O)Nc2ccccc2F)c1-c1ccno1. The van der Waals surface area contributed by atoms with Crippen LogP contribution >= 0.6 is 11.3 Å². The average Bonchev–Trinajstić information content (AvgIpc) is 3.08. The molecule has 0 fully saturated rings. The number of nitrogens with zero attached hydrogens (tertiary/aromatic N) is 1. The Hall–Kier alpha value is -2.19. The van der Waals surface area contributed by atoms with Crippen LogP contribution in [-0.4, -0.2) is 13.6 Å². The van der Waals surface area contributed by atoms with Crippen LogP contribution in [0.15, 0.2) is 45.9 Å². The molecule has 1 aromatic carbocycles. The maximum Gasteiger partial charge on any atom is 0.263 e. The van der Waals surface area contributed by atoms with Crippen molar-refractivity contribution < 1.29 is 17.3 Å². The Labute approximate surface area is 136 Å². The largest absolute Gasteiger partial charge is 0.356 e. The van der Waals surface area contributed by atoms with Gasteiger partial charge in [0.1, 0.15) is 10.7 Å². The normalized spacial score (nSPS) is 11.6. The minimum Gasteiger partial charge on any atom is -0.356 e. The summed E-state index contributed by atoms with van der Waals surface area (Å²) in [6.45, 7) is 3.51. The first kappa shape index (κ1) is 15.7. The molecule has 3 rings (SSSR count). The molecule has 23 heavy (non-hydrogen) atoms. The Morgan fingerprint density at radius 3 is 2.57 bits per heavy atom. The lowest BCUT2D eigenvalue weighted by atomic mass is 10.2. The monoisotopic (exact) mass is 352 g/mol. The van der Waals surface area contributed by atoms with Crippen molar-refractivity contribution in [3.05, 3.63) is 52.1 Å². The molecule has 2 heterocycles. The van der Waals surface area contributed by atoms with Crippen LogP contribution in [0.25, 0.3) is 11.3 Å². The molecular weight excluding hydrogens is 339 g/mol. The highest BCUT2D eigenvalue weighted by Crippen LogP contribution is 2.39. The van der Waals surface area contributed by atoms with Gasteiger partial charge >= 0.3 is 0 Å². The zero-order valence-corrected chi connectivity index (χ0v) is 14.0. The fourth-order valence-corrected chi connectivity index (χ4v) is 5.29. The first-order chi connectivity index (χ1) is 10.9. The van der Waals surface area contributed by atoms with Gasteiger partial charge in [-0.15, -0.1) is 11.3 Å². The molecule has 0 aliphatic heterocycles. The molecule has 0 saturated carbocycles. The van der Waals surface area contributed by atoms with Crippen molar-refractivity contribution in [2.75, 3.05) is 4.72 Å². The van der Waals surface area contributed by atoms with Crippen LogP contribution in [-0.2, 0) is 10.0 Å². The summed E-state index contributed by atoms with van der Waals surface area (Å²) in [6.07, 6.45) is 1.45. The molecule has 0 aliphatic rings. The summed E-state index contributed by atoms with van der Waals surface area (Å²) >= 11 is 1.34. The van der Waals surface area contributed by atoms with E-state index in [1.165, 1.54) is 35.7 Å². The number of hydrogen-bond donors (Lipinski definition) is 1. The van der Waals surface area contributed by atoms with E-state index in [1.807, 2.05) is 0 Å². The molecule has 0 radical (unpaired) electrons. The standard InChI is InChI=1S/C15H13FN2O3S2/c1-9-14(13-7-8-17-21-13)15(10(2)22-9)23(19,20)18-12-6-4-3-5-11(12)16/h3-8,18H,1-2H3. The Bertz CT molecular complexity index is 947. The zero-order chi connectivity index (χ0) is 16.6. The molecule has 0 amide bonds. The molecule has 2 aromatic heterocycles. The topological polar surface area (TPSA) is 72.2 Å². The van der Waals surface area contributed by atoms with Gasteiger partial charge in [-0.25, -0.2) is 12.8 Å². The Kier molecular flexibility index (Phi) is 3.95. The maximum atomic E-state index is 13.8. The average molecular weight is 352 g/mol. The quantitative estimate of drug-likeness (QED) is 0.771. The van der Waals surface area contributed by atoms with E-state index in [2.05, 4.69) is 9.88 Å². The van der Waals surface area contributed by atoms with Gasteiger partial charge in [-0.3, -0.25) is 4.72 Å². The summed E-state index contributed by atoms with van der Waals surface area (Å²) in [5, 5.41) is 3.62. The van der Waals surface area contributed by atoms with Crippen LogP contribution in [0.4, 0.5) is 10.1 Å². The zero-order valence-electron chi connectivity index (χ0n) is 12.3. The fourth-order valence-electron chi connectivity index (χ4n) is 2.36. The minimum absolute atomic E-state index is 0.0833. The number of thiophene rings is 1. The molecule has 120 valence electrons. The minimum atomic E-state index is -3.97. The number of anilines is 1. The van der Waals surface area contributed by atoms with Crippen LogP contribution in [0.5, 0.6) is 0 Å². The van der Waals surface area contributed by atoms with Crippen molar-refractivity contribution in [2.45, 2.75) is 18.7 Å². The summed E-state index contributed by atoms with van der Waals surface area (Å²) < 4.78 is 46.7. The number of para-hydroxylation sites is 1. The number of benzene rings is 1. The van der Waals surface area contributed by atoms with Gasteiger partial charge in [0.25, 0.3) is 10.0 Å². The lowest BCUT2D eigenvalue weighted by molar-refractivity contribution is 0.431. The molecule has 0 bridgehead atoms. The Morgan fingerprint density at radius 2 is 1.91 bits per heavy atom. The van der Waals surface area contributed by atoms with E-state index in [0.717, 1.165) is 4.88 Å². The first-order valence-electron chi connectivity index (χ1n) is 6.68. The van der Waals surface area contributed by atoms with Gasteiger partial charge in [-0.05, 0) is 26.0 Å². The van der Waals surface area contributed by atoms with Gasteiger partial charge in [0.05, 0.1) is 17.4 Å². The Morgan fingerprint density at radius 1 is 1.17 bits per heavy atom. The lowest BCUT2D eigenvalue weighted by Gasteiger charge is -2.10. The van der Waals surface area contributed by atoms with Crippen LogP contribution in [0, 0.1) is 19.7 Å². The third-order valence-electron chi connectivity index (χ3n) is 3.28. The lowest BCUT2D eigenvalue weighted by Crippen LogP contribution is -2.15. The van der Waals surface area contributed by atoms with Crippen molar-refractivity contribution in [2.24, 2.45) is 0 Å². The number of aryl methyl sites for hydroxylation is 2. The number of hydrogen-bond acceptors (Lipinski definition) is 5. The van der Waals surface area contributed by atoms with Crippen LogP contribution < -0.4 is 4.72 Å². The van der Waals surface area contributed by atoms with E-state index < -0.39 is 15.8 Å². The first-order valence-corrected chi connectivity index (χ1v) is 8.98. The third kappa shape index (κ3) is 2.87. The van der Waals surface area contributed by atoms with E-state index in [0.29, 0.717) is 16.2 Å². The van der Waals surface area contributed by atoms with Gasteiger partial charge in [-0.1, -0.05) is 17.3 Å². The predicted molar refractivity (Wildman–Crippen MR) is 86.5 cm³/mol. The van der Waals surface area contributed by atoms with Gasteiger partial charge < -0.3 is 4.52 Å². The summed E-state index contributed by atoms with van der Waals surface area (Å²) in [5.74, 6) is -0.275. The molecular formula is C15H13FN2O3S2. The molecule has 0 atom stereocenters. The van der Waals surface area contributed by atoms with Crippen molar-refractivity contribution in [1.82, 2.24) is 5.16 Å². The second-order valence-electron chi connectivity index (χ2n) is 4.88. The van der Waals surface area contributed by atoms with Crippen molar-refractivity contribution in [3.8, 4) is 11.3 Å². The predicted octanol–water partition coefficient (Wildman–Crippen LogP) is 3.96. The van der Waals surface area contributed by atoms with Gasteiger partial charge in [0.15, 0.2) is 5.76 Å². The highest BCUT2D eigenvalue weighted by molar-refractivity contribution is 7.93. The molecule has 5 nitrogen and oxygen atoms in total. The number of aromatic nitrogens is 1. The van der Waals surface area contributed by atoms with Gasteiger partial charge in [0, 0.05) is 15.8 Å². The highest BCUT2D eigenvalue weighted by atomic mass is 32.2. The number of sulfonamides is 1. The number of halogens is 1. The number of rotatable bonds is 4.